The van der Waals surface area contributed by atoms with Gasteiger partial charge in [0.2, 0.25) is 0 Å². The van der Waals surface area contributed by atoms with Crippen LogP contribution in [0.15, 0.2) is 47.6 Å². The van der Waals surface area contributed by atoms with Crippen LogP contribution in [0, 0.1) is 0 Å². The van der Waals surface area contributed by atoms with E-state index in [9.17, 15) is 4.79 Å². The van der Waals surface area contributed by atoms with Crippen molar-refractivity contribution in [2.45, 2.75) is 6.54 Å². The maximum atomic E-state index is 12.5. The van der Waals surface area contributed by atoms with Crippen LogP contribution in [0.5, 0.6) is 5.75 Å². The number of halogens is 1. The molecule has 4 rings (SSSR count). The summed E-state index contributed by atoms with van der Waals surface area (Å²) in [4.78, 5) is 14.4. The molecule has 1 saturated heterocycles. The van der Waals surface area contributed by atoms with Crippen molar-refractivity contribution in [2.75, 3.05) is 33.4 Å². The minimum absolute atomic E-state index is 0.316. The highest BCUT2D eigenvalue weighted by Gasteiger charge is 2.18. The Kier molecular flexibility index (Phi) is 6.64. The number of hydrogen-bond donors (Lipinski definition) is 2. The standard InChI is InChI=1S/C22H22ClN3O3S/c1-28-18-7-6-15(12-16(18)14-26-8-10-29-11-9-26)13-24-25-22(27)21-20(23)17-4-2-3-5-19(17)30-21/h2-7,12-13H,8-11,14H2,1H3,(H,25,27)/p+1/b24-13-. The van der Waals surface area contributed by atoms with Gasteiger partial charge in [0.1, 0.15) is 30.3 Å². The Morgan fingerprint density at radius 2 is 2.10 bits per heavy atom. The zero-order valence-corrected chi connectivity index (χ0v) is 18.2. The number of ether oxygens (including phenoxy) is 2. The lowest BCUT2D eigenvalue weighted by molar-refractivity contribution is -0.921. The quantitative estimate of drug-likeness (QED) is 0.454. The van der Waals surface area contributed by atoms with E-state index in [4.69, 9.17) is 21.1 Å². The summed E-state index contributed by atoms with van der Waals surface area (Å²) in [6.07, 6.45) is 1.64. The number of quaternary nitrogens is 1. The van der Waals surface area contributed by atoms with Crippen LogP contribution in [0.2, 0.25) is 5.02 Å². The Bertz CT molecular complexity index is 1080. The van der Waals surface area contributed by atoms with Gasteiger partial charge in [0, 0.05) is 15.6 Å². The molecule has 6 nitrogen and oxygen atoms in total. The molecule has 156 valence electrons. The van der Waals surface area contributed by atoms with Crippen molar-refractivity contribution in [1.29, 1.82) is 0 Å². The number of carbonyl (C=O) groups excluding carboxylic acids is 1. The largest absolute Gasteiger partial charge is 0.496 e. The topological polar surface area (TPSA) is 64.4 Å². The zero-order valence-electron chi connectivity index (χ0n) is 16.6. The predicted molar refractivity (Wildman–Crippen MR) is 120 cm³/mol. The molecule has 0 unspecified atom stereocenters. The van der Waals surface area contributed by atoms with E-state index in [0.717, 1.165) is 59.8 Å². The minimum atomic E-state index is -0.316. The minimum Gasteiger partial charge on any atom is -0.496 e. The molecule has 0 radical (unpaired) electrons. The van der Waals surface area contributed by atoms with Crippen LogP contribution < -0.4 is 15.1 Å². The number of carbonyl (C=O) groups is 1. The molecular formula is C22H23ClN3O3S+. The molecule has 1 fully saturated rings. The summed E-state index contributed by atoms with van der Waals surface area (Å²) in [6, 6.07) is 13.6. The second-order valence-electron chi connectivity index (χ2n) is 7.05. The first-order valence-corrected chi connectivity index (χ1v) is 10.9. The zero-order chi connectivity index (χ0) is 20.9. The van der Waals surface area contributed by atoms with Gasteiger partial charge in [-0.1, -0.05) is 29.8 Å². The van der Waals surface area contributed by atoms with Gasteiger partial charge in [0.05, 0.1) is 31.6 Å². The number of thiophene rings is 1. The molecule has 0 atom stereocenters. The maximum absolute atomic E-state index is 12.5. The summed E-state index contributed by atoms with van der Waals surface area (Å²) in [5.74, 6) is 0.538. The molecule has 2 N–H and O–H groups in total. The Balaban J connectivity index is 1.45. The van der Waals surface area contributed by atoms with Gasteiger partial charge in [-0.2, -0.15) is 5.10 Å². The Morgan fingerprint density at radius 3 is 2.87 bits per heavy atom. The molecule has 1 aromatic heterocycles. The highest BCUT2D eigenvalue weighted by molar-refractivity contribution is 7.21. The summed E-state index contributed by atoms with van der Waals surface area (Å²) < 4.78 is 11.9. The Labute approximate surface area is 184 Å². The van der Waals surface area contributed by atoms with Gasteiger partial charge in [-0.3, -0.25) is 4.79 Å². The Hall–Kier alpha value is -2.45. The second kappa shape index (κ2) is 9.57. The number of hydrogen-bond acceptors (Lipinski definition) is 5. The Morgan fingerprint density at radius 1 is 1.30 bits per heavy atom. The summed E-state index contributed by atoms with van der Waals surface area (Å²) in [7, 11) is 1.68. The highest BCUT2D eigenvalue weighted by Crippen LogP contribution is 2.34. The van der Waals surface area contributed by atoms with Gasteiger partial charge in [0.15, 0.2) is 0 Å². The van der Waals surface area contributed by atoms with Crippen LogP contribution in [0.25, 0.3) is 10.1 Å². The van der Waals surface area contributed by atoms with Crippen molar-refractivity contribution in [1.82, 2.24) is 5.43 Å². The second-order valence-corrected chi connectivity index (χ2v) is 8.48. The third kappa shape index (κ3) is 4.65. The molecule has 1 aliphatic heterocycles. The van der Waals surface area contributed by atoms with Crippen LogP contribution >= 0.6 is 22.9 Å². The maximum Gasteiger partial charge on any atom is 0.283 e. The van der Waals surface area contributed by atoms with E-state index in [2.05, 4.69) is 10.5 Å². The average molecular weight is 445 g/mol. The molecule has 0 saturated carbocycles. The molecule has 0 bridgehead atoms. The first-order valence-electron chi connectivity index (χ1n) is 9.74. The number of amides is 1. The van der Waals surface area contributed by atoms with Gasteiger partial charge in [-0.25, -0.2) is 5.43 Å². The van der Waals surface area contributed by atoms with Gasteiger partial charge >= 0.3 is 0 Å². The van der Waals surface area contributed by atoms with Crippen LogP contribution in [-0.4, -0.2) is 45.5 Å². The molecule has 3 aromatic rings. The molecule has 0 spiro atoms. The van der Waals surface area contributed by atoms with Gasteiger partial charge in [-0.15, -0.1) is 11.3 Å². The summed E-state index contributed by atoms with van der Waals surface area (Å²) in [5, 5.41) is 5.47. The number of morpholine rings is 1. The van der Waals surface area contributed by atoms with E-state index in [1.54, 1.807) is 13.3 Å². The summed E-state index contributed by atoms with van der Waals surface area (Å²) in [6.45, 7) is 4.38. The smallest absolute Gasteiger partial charge is 0.283 e. The molecule has 2 heterocycles. The van der Waals surface area contributed by atoms with Crippen LogP contribution in [-0.2, 0) is 11.3 Å². The number of methoxy groups -OCH3 is 1. The van der Waals surface area contributed by atoms with Crippen molar-refractivity contribution >= 4 is 45.1 Å². The molecule has 2 aromatic carbocycles. The van der Waals surface area contributed by atoms with E-state index in [0.29, 0.717) is 9.90 Å². The van der Waals surface area contributed by atoms with E-state index in [1.165, 1.54) is 16.2 Å². The molecule has 8 heteroatoms. The van der Waals surface area contributed by atoms with Crippen LogP contribution in [0.4, 0.5) is 0 Å². The lowest BCUT2D eigenvalue weighted by Crippen LogP contribution is -3.12. The number of nitrogens with zero attached hydrogens (tertiary/aromatic N) is 1. The molecule has 30 heavy (non-hydrogen) atoms. The third-order valence-corrected chi connectivity index (χ3v) is 6.74. The molecule has 1 amide bonds. The fraction of sp³-hybridized carbons (Fsp3) is 0.273. The van der Waals surface area contributed by atoms with Crippen molar-refractivity contribution in [3.05, 3.63) is 63.5 Å². The number of hydrazone groups is 1. The number of rotatable bonds is 6. The van der Waals surface area contributed by atoms with Gasteiger partial charge in [-0.05, 0) is 29.8 Å². The van der Waals surface area contributed by atoms with Crippen molar-refractivity contribution in [3.63, 3.8) is 0 Å². The normalized spacial score (nSPS) is 15.0. The van der Waals surface area contributed by atoms with E-state index >= 15 is 0 Å². The van der Waals surface area contributed by atoms with E-state index < -0.39 is 0 Å². The summed E-state index contributed by atoms with van der Waals surface area (Å²) >= 11 is 7.72. The fourth-order valence-corrected chi connectivity index (χ4v) is 4.91. The highest BCUT2D eigenvalue weighted by atomic mass is 35.5. The van der Waals surface area contributed by atoms with E-state index in [1.807, 2.05) is 42.5 Å². The molecule has 1 aliphatic rings. The lowest BCUT2D eigenvalue weighted by atomic mass is 10.1. The first-order chi connectivity index (χ1) is 14.7. The third-order valence-electron chi connectivity index (χ3n) is 5.07. The average Bonchev–Trinajstić information content (AvgIpc) is 3.11. The predicted octanol–water partition coefficient (Wildman–Crippen LogP) is 2.74. The molecular weight excluding hydrogens is 422 g/mol. The fourth-order valence-electron chi connectivity index (χ4n) is 3.50. The van der Waals surface area contributed by atoms with Crippen LogP contribution in [0.3, 0.4) is 0 Å². The van der Waals surface area contributed by atoms with Crippen molar-refractivity contribution < 1.29 is 19.2 Å². The van der Waals surface area contributed by atoms with Crippen molar-refractivity contribution in [3.8, 4) is 5.75 Å². The number of nitrogens with one attached hydrogen (secondary N) is 2. The van der Waals surface area contributed by atoms with Crippen LogP contribution in [0.1, 0.15) is 20.8 Å². The first kappa shape index (κ1) is 20.8. The number of benzene rings is 2. The van der Waals surface area contributed by atoms with Gasteiger partial charge in [0.25, 0.3) is 5.91 Å². The summed E-state index contributed by atoms with van der Waals surface area (Å²) in [5.41, 5.74) is 4.58. The van der Waals surface area contributed by atoms with E-state index in [-0.39, 0.29) is 5.91 Å². The molecule has 0 aliphatic carbocycles. The number of fused-ring (bicyclic) bond motifs is 1. The van der Waals surface area contributed by atoms with Crippen molar-refractivity contribution in [2.24, 2.45) is 5.10 Å². The monoisotopic (exact) mass is 444 g/mol. The van der Waals surface area contributed by atoms with Gasteiger partial charge < -0.3 is 14.4 Å². The lowest BCUT2D eigenvalue weighted by Gasteiger charge is -2.24. The SMILES string of the molecule is COc1ccc(/C=N\NC(=O)c2sc3ccccc3c2Cl)cc1C[NH+]1CCOCC1.